The Labute approximate surface area is 89.2 Å². The van der Waals surface area contributed by atoms with Crippen molar-refractivity contribution in [2.45, 2.75) is 38.9 Å². The highest BCUT2D eigenvalue weighted by molar-refractivity contribution is 4.85. The molecule has 1 fully saturated rings. The van der Waals surface area contributed by atoms with Gasteiger partial charge in [0.2, 0.25) is 5.89 Å². The summed E-state index contributed by atoms with van der Waals surface area (Å²) >= 11 is 0. The average molecular weight is 211 g/mol. The van der Waals surface area contributed by atoms with Gasteiger partial charge in [-0.05, 0) is 19.4 Å². The molecule has 0 aromatic carbocycles. The molecule has 2 heterocycles. The molecule has 84 valence electrons. The zero-order valence-corrected chi connectivity index (χ0v) is 9.03. The zero-order chi connectivity index (χ0) is 10.5. The fraction of sp³-hybridized carbons (Fsp3) is 0.800. The van der Waals surface area contributed by atoms with Gasteiger partial charge in [0.05, 0.1) is 6.10 Å². The van der Waals surface area contributed by atoms with Crippen LogP contribution in [0.4, 0.5) is 0 Å². The van der Waals surface area contributed by atoms with Crippen molar-refractivity contribution in [2.24, 2.45) is 0 Å². The van der Waals surface area contributed by atoms with Crippen LogP contribution in [0.5, 0.6) is 0 Å². The van der Waals surface area contributed by atoms with Gasteiger partial charge in [-0.2, -0.15) is 4.98 Å². The number of rotatable bonds is 5. The minimum Gasteiger partial charge on any atom is -0.369 e. The monoisotopic (exact) mass is 211 g/mol. The third kappa shape index (κ3) is 3.00. The Balaban J connectivity index is 1.77. The van der Waals surface area contributed by atoms with E-state index in [0.717, 1.165) is 32.4 Å². The predicted octanol–water partition coefficient (Wildman–Crippen LogP) is 0.901. The smallest absolute Gasteiger partial charge is 0.226 e. The molecule has 1 saturated heterocycles. The summed E-state index contributed by atoms with van der Waals surface area (Å²) in [7, 11) is 0. The zero-order valence-electron chi connectivity index (χ0n) is 9.03. The molecule has 0 spiro atoms. The van der Waals surface area contributed by atoms with Crippen LogP contribution >= 0.6 is 0 Å². The molecular weight excluding hydrogens is 194 g/mol. The topological polar surface area (TPSA) is 60.2 Å². The highest BCUT2D eigenvalue weighted by Gasteiger charge is 2.15. The second-order valence-corrected chi connectivity index (χ2v) is 3.78. The molecule has 0 aliphatic carbocycles. The molecule has 0 saturated carbocycles. The molecule has 1 atom stereocenters. The second kappa shape index (κ2) is 5.23. The van der Waals surface area contributed by atoms with Crippen molar-refractivity contribution in [2.75, 3.05) is 13.1 Å². The van der Waals surface area contributed by atoms with Crippen molar-refractivity contribution in [1.82, 2.24) is 15.5 Å². The van der Waals surface area contributed by atoms with Gasteiger partial charge in [-0.3, -0.25) is 0 Å². The van der Waals surface area contributed by atoms with Crippen molar-refractivity contribution in [3.05, 3.63) is 11.7 Å². The van der Waals surface area contributed by atoms with Crippen LogP contribution in [0.2, 0.25) is 0 Å². The lowest BCUT2D eigenvalue weighted by molar-refractivity contribution is 0.0490. The fourth-order valence-corrected chi connectivity index (χ4v) is 1.63. The lowest BCUT2D eigenvalue weighted by atomic mass is 10.3. The Morgan fingerprint density at radius 1 is 1.60 bits per heavy atom. The standard InChI is InChI=1S/C10H17N3O2/c1-2-3-10-12-9(13-15-10)7-14-8-4-5-11-6-8/h8,11H,2-7H2,1H3. The maximum absolute atomic E-state index is 5.63. The number of nitrogens with zero attached hydrogens (tertiary/aromatic N) is 2. The Kier molecular flexibility index (Phi) is 3.69. The highest BCUT2D eigenvalue weighted by atomic mass is 16.5. The third-order valence-corrected chi connectivity index (χ3v) is 2.44. The Morgan fingerprint density at radius 2 is 2.53 bits per heavy atom. The van der Waals surface area contributed by atoms with Gasteiger partial charge in [0, 0.05) is 13.0 Å². The molecule has 1 aliphatic rings. The molecule has 0 bridgehead atoms. The second-order valence-electron chi connectivity index (χ2n) is 3.78. The largest absolute Gasteiger partial charge is 0.369 e. The van der Waals surface area contributed by atoms with Gasteiger partial charge in [-0.15, -0.1) is 0 Å². The van der Waals surface area contributed by atoms with Crippen LogP contribution in [0.3, 0.4) is 0 Å². The summed E-state index contributed by atoms with van der Waals surface area (Å²) in [5, 5.41) is 7.11. The van der Waals surface area contributed by atoms with Crippen LogP contribution in [0, 0.1) is 0 Å². The van der Waals surface area contributed by atoms with Crippen molar-refractivity contribution in [3.63, 3.8) is 0 Å². The predicted molar refractivity (Wildman–Crippen MR) is 54.4 cm³/mol. The molecule has 1 aromatic rings. The molecule has 0 radical (unpaired) electrons. The first kappa shape index (κ1) is 10.6. The van der Waals surface area contributed by atoms with Crippen molar-refractivity contribution in [3.8, 4) is 0 Å². The minimum absolute atomic E-state index is 0.304. The molecule has 15 heavy (non-hydrogen) atoms. The summed E-state index contributed by atoms with van der Waals surface area (Å²) in [6.45, 7) is 4.52. The van der Waals surface area contributed by atoms with Gasteiger partial charge in [0.1, 0.15) is 6.61 Å². The van der Waals surface area contributed by atoms with Crippen LogP contribution in [0.15, 0.2) is 4.52 Å². The summed E-state index contributed by atoms with van der Waals surface area (Å²) in [5.74, 6) is 1.37. The third-order valence-electron chi connectivity index (χ3n) is 2.44. The summed E-state index contributed by atoms with van der Waals surface area (Å²) < 4.78 is 10.7. The number of nitrogens with one attached hydrogen (secondary N) is 1. The molecular formula is C10H17N3O2. The van der Waals surface area contributed by atoms with Gasteiger partial charge in [-0.25, -0.2) is 0 Å². The fourth-order valence-electron chi connectivity index (χ4n) is 1.63. The van der Waals surface area contributed by atoms with E-state index >= 15 is 0 Å². The maximum Gasteiger partial charge on any atom is 0.226 e. The van der Waals surface area contributed by atoms with Crippen molar-refractivity contribution >= 4 is 0 Å². The number of hydrogen-bond donors (Lipinski definition) is 1. The summed E-state index contributed by atoms with van der Waals surface area (Å²) in [5.41, 5.74) is 0. The normalized spacial score (nSPS) is 21.0. The van der Waals surface area contributed by atoms with Crippen LogP contribution in [-0.2, 0) is 17.8 Å². The number of aryl methyl sites for hydroxylation is 1. The number of ether oxygens (including phenoxy) is 1. The lowest BCUT2D eigenvalue weighted by Gasteiger charge is -2.06. The Bertz CT molecular complexity index is 295. The van der Waals surface area contributed by atoms with Gasteiger partial charge >= 0.3 is 0 Å². The van der Waals surface area contributed by atoms with Crippen LogP contribution in [0.25, 0.3) is 0 Å². The van der Waals surface area contributed by atoms with E-state index in [0.29, 0.717) is 24.4 Å². The first-order valence-corrected chi connectivity index (χ1v) is 5.52. The van der Waals surface area contributed by atoms with Crippen molar-refractivity contribution in [1.29, 1.82) is 0 Å². The number of hydrogen-bond acceptors (Lipinski definition) is 5. The molecule has 1 aliphatic heterocycles. The van der Waals surface area contributed by atoms with Crippen molar-refractivity contribution < 1.29 is 9.26 Å². The summed E-state index contributed by atoms with van der Waals surface area (Å²) in [6, 6.07) is 0. The van der Waals surface area contributed by atoms with Crippen LogP contribution < -0.4 is 5.32 Å². The summed E-state index contributed by atoms with van der Waals surface area (Å²) in [4.78, 5) is 4.24. The Hall–Kier alpha value is -0.940. The quantitative estimate of drug-likeness (QED) is 0.784. The first-order chi connectivity index (χ1) is 7.38. The molecule has 1 aromatic heterocycles. The van der Waals surface area contributed by atoms with E-state index < -0.39 is 0 Å². The van der Waals surface area contributed by atoms with E-state index in [1.807, 2.05) is 0 Å². The molecule has 5 heteroatoms. The van der Waals surface area contributed by atoms with Gasteiger partial charge in [-0.1, -0.05) is 12.1 Å². The average Bonchev–Trinajstić information content (AvgIpc) is 2.85. The van der Waals surface area contributed by atoms with Gasteiger partial charge in [0.15, 0.2) is 5.82 Å². The Morgan fingerprint density at radius 3 is 3.27 bits per heavy atom. The maximum atomic E-state index is 5.63. The molecule has 1 unspecified atom stereocenters. The van der Waals surface area contributed by atoms with Gasteiger partial charge < -0.3 is 14.6 Å². The lowest BCUT2D eigenvalue weighted by Crippen LogP contribution is -2.16. The minimum atomic E-state index is 0.304. The number of aromatic nitrogens is 2. The van der Waals surface area contributed by atoms with E-state index in [4.69, 9.17) is 9.26 Å². The van der Waals surface area contributed by atoms with E-state index in [-0.39, 0.29) is 0 Å². The molecule has 2 rings (SSSR count). The molecule has 5 nitrogen and oxygen atoms in total. The van der Waals surface area contributed by atoms with E-state index in [2.05, 4.69) is 22.4 Å². The van der Waals surface area contributed by atoms with E-state index in [1.54, 1.807) is 0 Å². The van der Waals surface area contributed by atoms with E-state index in [1.165, 1.54) is 0 Å². The molecule has 0 amide bonds. The van der Waals surface area contributed by atoms with Gasteiger partial charge in [0.25, 0.3) is 0 Å². The first-order valence-electron chi connectivity index (χ1n) is 5.52. The highest BCUT2D eigenvalue weighted by Crippen LogP contribution is 2.07. The van der Waals surface area contributed by atoms with Crippen LogP contribution in [0.1, 0.15) is 31.5 Å². The molecule has 1 N–H and O–H groups in total. The van der Waals surface area contributed by atoms with E-state index in [9.17, 15) is 0 Å². The summed E-state index contributed by atoms with van der Waals surface area (Å²) in [6.07, 6.45) is 3.24. The SMILES string of the molecule is CCCc1nc(COC2CCNC2)no1. The van der Waals surface area contributed by atoms with Crippen LogP contribution in [-0.4, -0.2) is 29.3 Å².